The van der Waals surface area contributed by atoms with Gasteiger partial charge in [-0.3, -0.25) is 9.59 Å². The number of hydrogen-bond acceptors (Lipinski definition) is 4. The van der Waals surface area contributed by atoms with Crippen LogP contribution in [0.15, 0.2) is 60.7 Å². The van der Waals surface area contributed by atoms with Crippen molar-refractivity contribution in [2.45, 2.75) is 97.5 Å². The van der Waals surface area contributed by atoms with E-state index in [1.165, 1.54) is 0 Å². The number of nitrogens with zero attached hydrogens (tertiary/aromatic N) is 1. The minimum Gasteiger partial charge on any atom is -0.444 e. The summed E-state index contributed by atoms with van der Waals surface area (Å²) in [6.45, 7) is 15.0. The maximum atomic E-state index is 14.4. The molecule has 0 aliphatic rings. The fourth-order valence-corrected chi connectivity index (χ4v) is 4.03. The molecule has 0 heterocycles. The first-order valence-electron chi connectivity index (χ1n) is 13.0. The maximum Gasteiger partial charge on any atom is 0.408 e. The molecule has 2 atom stereocenters. The molecule has 7 nitrogen and oxygen atoms in total. The van der Waals surface area contributed by atoms with Gasteiger partial charge in [0.2, 0.25) is 11.8 Å². The van der Waals surface area contributed by atoms with E-state index in [9.17, 15) is 14.4 Å². The number of hydrogen-bond donors (Lipinski definition) is 2. The van der Waals surface area contributed by atoms with E-state index in [1.807, 2.05) is 95.3 Å². The van der Waals surface area contributed by atoms with Crippen molar-refractivity contribution >= 4 is 17.9 Å². The van der Waals surface area contributed by atoms with Crippen LogP contribution in [0.25, 0.3) is 0 Å². The summed E-state index contributed by atoms with van der Waals surface area (Å²) in [5.74, 6) is -0.624. The molecular formula is C30H43N3O4. The van der Waals surface area contributed by atoms with Crippen molar-refractivity contribution in [1.29, 1.82) is 0 Å². The molecule has 0 fully saturated rings. The molecule has 0 aliphatic heterocycles. The van der Waals surface area contributed by atoms with Gasteiger partial charge in [-0.1, -0.05) is 67.6 Å². The van der Waals surface area contributed by atoms with Gasteiger partial charge in [0.05, 0.1) is 0 Å². The molecule has 202 valence electrons. The highest BCUT2D eigenvalue weighted by Crippen LogP contribution is 2.32. The van der Waals surface area contributed by atoms with E-state index < -0.39 is 29.3 Å². The molecule has 0 aromatic heterocycles. The number of benzene rings is 2. The topological polar surface area (TPSA) is 87.7 Å². The molecule has 0 saturated carbocycles. The summed E-state index contributed by atoms with van der Waals surface area (Å²) in [5.41, 5.74) is 0.160. The van der Waals surface area contributed by atoms with E-state index in [-0.39, 0.29) is 24.3 Å². The van der Waals surface area contributed by atoms with Crippen LogP contribution in [-0.4, -0.2) is 46.0 Å². The summed E-state index contributed by atoms with van der Waals surface area (Å²) in [4.78, 5) is 42.5. The number of carbonyl (C=O) groups is 3. The Bertz CT molecular complexity index is 1030. The van der Waals surface area contributed by atoms with Crippen LogP contribution in [-0.2, 0) is 20.7 Å². The quantitative estimate of drug-likeness (QED) is 0.449. The molecule has 0 spiro atoms. The summed E-state index contributed by atoms with van der Waals surface area (Å²) < 4.78 is 5.49. The third-order valence-electron chi connectivity index (χ3n) is 6.08. The number of ether oxygens (including phenoxy) is 1. The van der Waals surface area contributed by atoms with Crippen LogP contribution in [0, 0.1) is 0 Å². The molecule has 3 amide bonds. The second kappa shape index (κ2) is 12.7. The molecular weight excluding hydrogens is 466 g/mol. The standard InChI is InChI=1S/C30H43N3O4/c1-9-30(7,8)33(25(26(34)31-21(2)3)23-18-14-11-15-19-23)27(35)24(20-22-16-12-10-13-17-22)32-28(36)37-29(4,5)6/h10-19,21,24-25H,9,20H2,1-8H3,(H,31,34)(H,32,36). The Morgan fingerprint density at radius 3 is 1.89 bits per heavy atom. The number of alkyl carbamates (subject to hydrolysis) is 1. The Morgan fingerprint density at radius 1 is 0.865 bits per heavy atom. The predicted molar refractivity (Wildman–Crippen MR) is 147 cm³/mol. The van der Waals surface area contributed by atoms with Crippen molar-refractivity contribution < 1.29 is 19.1 Å². The first kappa shape index (κ1) is 29.9. The highest BCUT2D eigenvalue weighted by atomic mass is 16.6. The van der Waals surface area contributed by atoms with Crippen molar-refractivity contribution in [2.75, 3.05) is 0 Å². The zero-order valence-electron chi connectivity index (χ0n) is 23.5. The van der Waals surface area contributed by atoms with Crippen molar-refractivity contribution in [1.82, 2.24) is 15.5 Å². The van der Waals surface area contributed by atoms with E-state index in [2.05, 4.69) is 10.6 Å². The lowest BCUT2D eigenvalue weighted by Gasteiger charge is -2.44. The SMILES string of the molecule is CCC(C)(C)N(C(=O)C(Cc1ccccc1)NC(=O)OC(C)(C)C)C(C(=O)NC(C)C)c1ccccc1. The normalized spacial score (nSPS) is 13.4. The van der Waals surface area contributed by atoms with Gasteiger partial charge >= 0.3 is 6.09 Å². The second-order valence-corrected chi connectivity index (χ2v) is 11.2. The highest BCUT2D eigenvalue weighted by Gasteiger charge is 2.43. The third kappa shape index (κ3) is 8.92. The monoisotopic (exact) mass is 509 g/mol. The van der Waals surface area contributed by atoms with Crippen molar-refractivity contribution in [3.8, 4) is 0 Å². The molecule has 2 aromatic rings. The number of rotatable bonds is 10. The average Bonchev–Trinajstić information content (AvgIpc) is 2.81. The molecule has 2 aromatic carbocycles. The first-order chi connectivity index (χ1) is 17.2. The second-order valence-electron chi connectivity index (χ2n) is 11.2. The van der Waals surface area contributed by atoms with Gasteiger partial charge in [0.25, 0.3) is 0 Å². The van der Waals surface area contributed by atoms with Crippen LogP contribution in [0.2, 0.25) is 0 Å². The van der Waals surface area contributed by atoms with Gasteiger partial charge in [-0.05, 0) is 66.0 Å². The fourth-order valence-electron chi connectivity index (χ4n) is 4.03. The zero-order valence-corrected chi connectivity index (χ0v) is 23.5. The van der Waals surface area contributed by atoms with Crippen LogP contribution in [0.3, 0.4) is 0 Å². The Hall–Kier alpha value is -3.35. The highest BCUT2D eigenvalue weighted by molar-refractivity contribution is 5.93. The predicted octanol–water partition coefficient (Wildman–Crippen LogP) is 5.41. The van der Waals surface area contributed by atoms with Gasteiger partial charge in [0, 0.05) is 18.0 Å². The molecule has 2 rings (SSSR count). The van der Waals surface area contributed by atoms with Gasteiger partial charge in [0.1, 0.15) is 17.7 Å². The smallest absolute Gasteiger partial charge is 0.408 e. The summed E-state index contributed by atoms with van der Waals surface area (Å²) in [6.07, 6.45) is 0.170. The van der Waals surface area contributed by atoms with Crippen molar-refractivity contribution in [2.24, 2.45) is 0 Å². The average molecular weight is 510 g/mol. The molecule has 0 aliphatic carbocycles. The molecule has 37 heavy (non-hydrogen) atoms. The summed E-state index contributed by atoms with van der Waals surface area (Å²) in [5, 5.41) is 5.79. The lowest BCUT2D eigenvalue weighted by molar-refractivity contribution is -0.149. The molecule has 0 bridgehead atoms. The molecule has 2 N–H and O–H groups in total. The molecule has 0 radical (unpaired) electrons. The van der Waals surface area contributed by atoms with Crippen molar-refractivity contribution in [3.05, 3.63) is 71.8 Å². The minimum absolute atomic E-state index is 0.111. The van der Waals surface area contributed by atoms with Gasteiger partial charge in [-0.2, -0.15) is 0 Å². The molecule has 7 heteroatoms. The van der Waals surface area contributed by atoms with Crippen LogP contribution in [0.5, 0.6) is 0 Å². The van der Waals surface area contributed by atoms with E-state index >= 15 is 0 Å². The molecule has 0 saturated heterocycles. The van der Waals surface area contributed by atoms with E-state index in [0.717, 1.165) is 5.56 Å². The van der Waals surface area contributed by atoms with Crippen LogP contribution >= 0.6 is 0 Å². The number of amides is 3. The Labute approximate surface area is 222 Å². The van der Waals surface area contributed by atoms with Crippen LogP contribution in [0.1, 0.15) is 79.0 Å². The lowest BCUT2D eigenvalue weighted by atomic mass is 9.91. The first-order valence-corrected chi connectivity index (χ1v) is 13.0. The van der Waals surface area contributed by atoms with Gasteiger partial charge < -0.3 is 20.3 Å². The number of nitrogens with one attached hydrogen (secondary N) is 2. The van der Waals surface area contributed by atoms with Crippen LogP contribution in [0.4, 0.5) is 4.79 Å². The van der Waals surface area contributed by atoms with Gasteiger partial charge in [-0.15, -0.1) is 0 Å². The van der Waals surface area contributed by atoms with E-state index in [1.54, 1.807) is 25.7 Å². The van der Waals surface area contributed by atoms with E-state index in [4.69, 9.17) is 4.74 Å². The minimum atomic E-state index is -0.943. The van der Waals surface area contributed by atoms with Crippen molar-refractivity contribution in [3.63, 3.8) is 0 Å². The Kier molecular flexibility index (Phi) is 10.3. The Balaban J connectivity index is 2.60. The lowest BCUT2D eigenvalue weighted by Crippen LogP contribution is -2.60. The van der Waals surface area contributed by atoms with E-state index in [0.29, 0.717) is 12.0 Å². The zero-order chi connectivity index (χ0) is 27.8. The van der Waals surface area contributed by atoms with Gasteiger partial charge in [-0.25, -0.2) is 4.79 Å². The largest absolute Gasteiger partial charge is 0.444 e. The Morgan fingerprint density at radius 2 is 1.41 bits per heavy atom. The van der Waals surface area contributed by atoms with Crippen LogP contribution < -0.4 is 10.6 Å². The van der Waals surface area contributed by atoms with Gasteiger partial charge in [0.15, 0.2) is 0 Å². The maximum absolute atomic E-state index is 14.4. The number of carbonyl (C=O) groups excluding carboxylic acids is 3. The summed E-state index contributed by atoms with van der Waals surface area (Å²) in [6, 6.07) is 16.8. The summed E-state index contributed by atoms with van der Waals surface area (Å²) in [7, 11) is 0. The summed E-state index contributed by atoms with van der Waals surface area (Å²) >= 11 is 0. The third-order valence-corrected chi connectivity index (χ3v) is 6.08. The fraction of sp³-hybridized carbons (Fsp3) is 0.500. The molecule has 2 unspecified atom stereocenters.